The fourth-order valence-electron chi connectivity index (χ4n) is 4.86. The lowest BCUT2D eigenvalue weighted by Crippen LogP contribution is -2.44. The number of phenols is 1. The Bertz CT molecular complexity index is 1440. The van der Waals surface area contributed by atoms with E-state index in [1.807, 2.05) is 11.9 Å². The number of nitrogens with one attached hydrogen (secondary N) is 1. The Balaban J connectivity index is 1.37. The van der Waals surface area contributed by atoms with E-state index in [9.17, 15) is 22.7 Å². The molecule has 3 aromatic rings. The number of alkyl halides is 3. The molecule has 0 aliphatic carbocycles. The van der Waals surface area contributed by atoms with Gasteiger partial charge in [-0.05, 0) is 41.9 Å². The first-order valence-corrected chi connectivity index (χ1v) is 13.7. The highest BCUT2D eigenvalue weighted by molar-refractivity contribution is 6.32. The number of likely N-dealkylation sites (N-methyl/N-ethyl adjacent to an activating group) is 1. The summed E-state index contributed by atoms with van der Waals surface area (Å²) in [5.41, 5.74) is 2.87. The largest absolute Gasteiger partial charge is 0.506 e. The Labute approximate surface area is 245 Å². The minimum absolute atomic E-state index is 0.0154. The number of morpholine rings is 1. The summed E-state index contributed by atoms with van der Waals surface area (Å²) >= 11 is 6.24. The molecular weight excluding hydrogens is 578 g/mol. The van der Waals surface area contributed by atoms with Gasteiger partial charge in [-0.25, -0.2) is 14.8 Å². The van der Waals surface area contributed by atoms with E-state index in [1.165, 1.54) is 24.4 Å². The first-order chi connectivity index (χ1) is 20.1. The molecule has 42 heavy (non-hydrogen) atoms. The lowest BCUT2D eigenvalue weighted by atomic mass is 9.97. The normalized spacial score (nSPS) is 17.2. The third-order valence-electron chi connectivity index (χ3n) is 7.24. The number of hydrogen-bond donors (Lipinski definition) is 2. The van der Waals surface area contributed by atoms with Crippen molar-refractivity contribution in [2.45, 2.75) is 12.7 Å². The summed E-state index contributed by atoms with van der Waals surface area (Å²) in [6.07, 6.45) is -2.30. The van der Waals surface area contributed by atoms with Gasteiger partial charge in [0.2, 0.25) is 5.95 Å². The van der Waals surface area contributed by atoms with Crippen LogP contribution in [0, 0.1) is 5.82 Å². The molecule has 9 nitrogen and oxygen atoms in total. The molecule has 0 unspecified atom stereocenters. The van der Waals surface area contributed by atoms with Crippen molar-refractivity contribution >= 4 is 29.6 Å². The average molecular weight is 608 g/mol. The standard InChI is InChI=1S/C28H30ClF4N7O2/c1-38-4-6-39(7-5-38)17-19-3-2-18(13-22(19)28(31,32)33)20-12-21(25(41)23(29)14-20)15-35-37-27-34-16-24(30)26(36-27)40-8-10-42-11-9-40/h2-3,12-16,41H,4-11,17H2,1H3,(H,34,36,37)/b35-15+. The smallest absolute Gasteiger partial charge is 0.416 e. The molecule has 2 fully saturated rings. The maximum atomic E-state index is 14.3. The number of aromatic nitrogens is 2. The minimum atomic E-state index is -4.55. The molecule has 2 aromatic carbocycles. The van der Waals surface area contributed by atoms with Crippen LogP contribution in [0.3, 0.4) is 0 Å². The fraction of sp³-hybridized carbons (Fsp3) is 0.393. The Morgan fingerprint density at radius 1 is 1.07 bits per heavy atom. The van der Waals surface area contributed by atoms with Gasteiger partial charge in [-0.3, -0.25) is 4.90 Å². The molecule has 0 saturated carbocycles. The third kappa shape index (κ3) is 7.09. The van der Waals surface area contributed by atoms with Crippen molar-refractivity contribution in [3.8, 4) is 16.9 Å². The first kappa shape index (κ1) is 30.0. The zero-order chi connectivity index (χ0) is 29.9. The summed E-state index contributed by atoms with van der Waals surface area (Å²) in [6, 6.07) is 7.08. The average Bonchev–Trinajstić information content (AvgIpc) is 2.97. The van der Waals surface area contributed by atoms with Crippen LogP contribution in [-0.4, -0.2) is 90.6 Å². The monoisotopic (exact) mass is 607 g/mol. The van der Waals surface area contributed by atoms with E-state index in [-0.39, 0.29) is 45.8 Å². The summed E-state index contributed by atoms with van der Waals surface area (Å²) in [5.74, 6) is -0.767. The molecule has 0 spiro atoms. The maximum Gasteiger partial charge on any atom is 0.416 e. The number of ether oxygens (including phenoxy) is 1. The minimum Gasteiger partial charge on any atom is -0.506 e. The van der Waals surface area contributed by atoms with E-state index in [0.29, 0.717) is 45.0 Å². The van der Waals surface area contributed by atoms with Crippen LogP contribution in [0.4, 0.5) is 29.3 Å². The van der Waals surface area contributed by atoms with Crippen LogP contribution in [0.5, 0.6) is 5.75 Å². The molecule has 224 valence electrons. The van der Waals surface area contributed by atoms with Gasteiger partial charge in [0.25, 0.3) is 0 Å². The highest BCUT2D eigenvalue weighted by Crippen LogP contribution is 2.38. The second-order valence-electron chi connectivity index (χ2n) is 10.2. The molecule has 0 bridgehead atoms. The van der Waals surface area contributed by atoms with Crippen LogP contribution in [0.25, 0.3) is 11.1 Å². The van der Waals surface area contributed by atoms with Gasteiger partial charge >= 0.3 is 6.18 Å². The van der Waals surface area contributed by atoms with Crippen LogP contribution in [0.2, 0.25) is 5.02 Å². The van der Waals surface area contributed by atoms with Gasteiger partial charge in [0, 0.05) is 51.4 Å². The number of aromatic hydroxyl groups is 1. The quantitative estimate of drug-likeness (QED) is 0.227. The number of piperazine rings is 1. The van der Waals surface area contributed by atoms with E-state index < -0.39 is 17.6 Å². The second kappa shape index (κ2) is 12.8. The Hall–Kier alpha value is -3.52. The summed E-state index contributed by atoms with van der Waals surface area (Å²) in [7, 11) is 1.99. The molecule has 0 radical (unpaired) electrons. The third-order valence-corrected chi connectivity index (χ3v) is 7.52. The molecule has 5 rings (SSSR count). The number of benzene rings is 2. The van der Waals surface area contributed by atoms with Gasteiger partial charge in [0.1, 0.15) is 5.75 Å². The molecule has 2 N–H and O–H groups in total. The van der Waals surface area contributed by atoms with Crippen molar-refractivity contribution in [2.24, 2.45) is 5.10 Å². The van der Waals surface area contributed by atoms with Gasteiger partial charge in [0.15, 0.2) is 11.6 Å². The van der Waals surface area contributed by atoms with Crippen molar-refractivity contribution in [3.63, 3.8) is 0 Å². The first-order valence-electron chi connectivity index (χ1n) is 13.4. The lowest BCUT2D eigenvalue weighted by Gasteiger charge is -2.33. The van der Waals surface area contributed by atoms with Crippen LogP contribution in [0.15, 0.2) is 41.6 Å². The van der Waals surface area contributed by atoms with Gasteiger partial charge in [0.05, 0.1) is 36.2 Å². The van der Waals surface area contributed by atoms with Crippen molar-refractivity contribution in [2.75, 3.05) is 69.9 Å². The van der Waals surface area contributed by atoms with Crippen LogP contribution < -0.4 is 10.3 Å². The Kier molecular flexibility index (Phi) is 9.11. The van der Waals surface area contributed by atoms with Crippen LogP contribution in [0.1, 0.15) is 16.7 Å². The number of halogens is 5. The van der Waals surface area contributed by atoms with Crippen LogP contribution in [-0.2, 0) is 17.5 Å². The van der Waals surface area contributed by atoms with Gasteiger partial charge in [-0.1, -0.05) is 23.7 Å². The summed E-state index contributed by atoms with van der Waals surface area (Å²) in [4.78, 5) is 14.0. The molecule has 2 aliphatic rings. The van der Waals surface area contributed by atoms with E-state index in [2.05, 4.69) is 25.4 Å². The molecule has 0 amide bonds. The van der Waals surface area contributed by atoms with Crippen molar-refractivity contribution in [1.82, 2.24) is 19.8 Å². The Morgan fingerprint density at radius 2 is 1.81 bits per heavy atom. The predicted octanol–water partition coefficient (Wildman–Crippen LogP) is 4.69. The van der Waals surface area contributed by atoms with E-state index in [4.69, 9.17) is 16.3 Å². The fourth-order valence-corrected chi connectivity index (χ4v) is 5.09. The molecule has 2 aliphatic heterocycles. The summed E-state index contributed by atoms with van der Waals surface area (Å²) < 4.78 is 61.9. The maximum absolute atomic E-state index is 14.3. The Morgan fingerprint density at radius 3 is 2.52 bits per heavy atom. The number of hydrazone groups is 1. The SMILES string of the molecule is CN1CCN(Cc2ccc(-c3cc(Cl)c(O)c(/C=N/Nc4ncc(F)c(N5CCOCC5)n4)c3)cc2C(F)(F)F)CC1. The number of phenolic OH excluding ortho intramolecular Hbond substituents is 1. The van der Waals surface area contributed by atoms with E-state index in [1.54, 1.807) is 11.0 Å². The van der Waals surface area contributed by atoms with Crippen LogP contribution >= 0.6 is 11.6 Å². The van der Waals surface area contributed by atoms with Crippen molar-refractivity contribution in [3.05, 3.63) is 64.1 Å². The van der Waals surface area contributed by atoms with Crippen molar-refractivity contribution in [1.29, 1.82) is 0 Å². The zero-order valence-corrected chi connectivity index (χ0v) is 23.6. The van der Waals surface area contributed by atoms with E-state index in [0.717, 1.165) is 25.4 Å². The highest BCUT2D eigenvalue weighted by Gasteiger charge is 2.34. The molecule has 3 heterocycles. The van der Waals surface area contributed by atoms with E-state index >= 15 is 0 Å². The zero-order valence-electron chi connectivity index (χ0n) is 22.8. The molecule has 2 saturated heterocycles. The summed E-state index contributed by atoms with van der Waals surface area (Å²) in [5, 5.41) is 14.5. The molecule has 14 heteroatoms. The highest BCUT2D eigenvalue weighted by atomic mass is 35.5. The molecular formula is C28H30ClF4N7O2. The predicted molar refractivity (Wildman–Crippen MR) is 153 cm³/mol. The number of anilines is 2. The van der Waals surface area contributed by atoms with Gasteiger partial charge in [-0.2, -0.15) is 23.3 Å². The number of nitrogens with zero attached hydrogens (tertiary/aromatic N) is 6. The van der Waals surface area contributed by atoms with Gasteiger partial charge < -0.3 is 19.6 Å². The van der Waals surface area contributed by atoms with Gasteiger partial charge in [-0.15, -0.1) is 0 Å². The van der Waals surface area contributed by atoms with Crippen molar-refractivity contribution < 1.29 is 27.4 Å². The topological polar surface area (TPSA) is 89.4 Å². The molecule has 1 aromatic heterocycles. The second-order valence-corrected chi connectivity index (χ2v) is 10.6. The number of hydrogen-bond acceptors (Lipinski definition) is 9. The lowest BCUT2D eigenvalue weighted by molar-refractivity contribution is -0.138. The summed E-state index contributed by atoms with van der Waals surface area (Å²) in [6.45, 7) is 5.02. The molecule has 0 atom stereocenters. The number of rotatable bonds is 7.